The van der Waals surface area contributed by atoms with E-state index >= 15 is 0 Å². The van der Waals surface area contributed by atoms with E-state index in [-0.39, 0.29) is 11.5 Å². The second kappa shape index (κ2) is 9.39. The Morgan fingerprint density at radius 2 is 1.48 bits per heavy atom. The van der Waals surface area contributed by atoms with Gasteiger partial charge in [-0.15, -0.1) is 0 Å². The maximum Gasteiger partial charge on any atom is 0.347 e. The summed E-state index contributed by atoms with van der Waals surface area (Å²) in [6, 6.07) is 6.70. The molecule has 1 rings (SSSR count). The second-order valence-electron chi connectivity index (χ2n) is 7.73. The number of benzene rings is 1. The molecule has 0 aliphatic heterocycles. The quantitative estimate of drug-likeness (QED) is 0.743. The summed E-state index contributed by atoms with van der Waals surface area (Å²) in [7, 11) is 0. The van der Waals surface area contributed by atoms with E-state index in [2.05, 4.69) is 31.4 Å². The highest BCUT2D eigenvalue weighted by molar-refractivity contribution is 5.97. The zero-order valence-corrected chi connectivity index (χ0v) is 17.1. The Balaban J connectivity index is 2.56. The third kappa shape index (κ3) is 7.68. The minimum absolute atomic E-state index is 0.0216. The number of hydrogen-bond acceptors (Lipinski definition) is 5. The maximum absolute atomic E-state index is 12.1. The summed E-state index contributed by atoms with van der Waals surface area (Å²) in [4.78, 5) is 35.5. The maximum atomic E-state index is 12.1. The number of urea groups is 1. The first-order chi connectivity index (χ1) is 12.4. The van der Waals surface area contributed by atoms with Crippen molar-refractivity contribution in [1.82, 2.24) is 10.6 Å². The van der Waals surface area contributed by atoms with Crippen LogP contribution in [0.15, 0.2) is 24.3 Å². The van der Waals surface area contributed by atoms with Gasteiger partial charge in [-0.25, -0.2) is 9.59 Å². The van der Waals surface area contributed by atoms with Gasteiger partial charge in [0.2, 0.25) is 0 Å². The van der Waals surface area contributed by atoms with Crippen molar-refractivity contribution >= 4 is 17.9 Å². The standard InChI is InChI=1S/C20H30N2O5/c1-12(2)21-19(25)22-17(23)13(3)27-18(24)14(4)26-16-10-8-15(9-11-16)20(5,6)7/h8-14H,1-7H3,(H2,21,22,23,25)/t13-,14-/m1/s1. The molecule has 1 aromatic carbocycles. The minimum Gasteiger partial charge on any atom is -0.479 e. The molecule has 0 bridgehead atoms. The molecule has 0 saturated heterocycles. The predicted octanol–water partition coefficient (Wildman–Crippen LogP) is 2.92. The van der Waals surface area contributed by atoms with Crippen LogP contribution in [-0.4, -0.2) is 36.2 Å². The molecule has 0 saturated carbocycles. The van der Waals surface area contributed by atoms with E-state index in [4.69, 9.17) is 9.47 Å². The van der Waals surface area contributed by atoms with Crippen molar-refractivity contribution in [1.29, 1.82) is 0 Å². The molecule has 0 unspecified atom stereocenters. The van der Waals surface area contributed by atoms with Crippen LogP contribution >= 0.6 is 0 Å². The molecule has 0 fully saturated rings. The third-order valence-electron chi connectivity index (χ3n) is 3.68. The van der Waals surface area contributed by atoms with Crippen molar-refractivity contribution in [3.8, 4) is 5.75 Å². The molecule has 0 radical (unpaired) electrons. The summed E-state index contributed by atoms with van der Waals surface area (Å²) in [5.41, 5.74) is 1.17. The highest BCUT2D eigenvalue weighted by atomic mass is 16.6. The molecule has 7 heteroatoms. The zero-order chi connectivity index (χ0) is 20.8. The fourth-order valence-electron chi connectivity index (χ4n) is 2.12. The number of amides is 3. The van der Waals surface area contributed by atoms with Crippen LogP contribution in [0.4, 0.5) is 4.79 Å². The molecule has 2 N–H and O–H groups in total. The Morgan fingerprint density at radius 1 is 0.926 bits per heavy atom. The van der Waals surface area contributed by atoms with Crippen LogP contribution in [0.1, 0.15) is 54.0 Å². The number of nitrogens with one attached hydrogen (secondary N) is 2. The molecule has 1 aromatic rings. The Kier molecular flexibility index (Phi) is 7.82. The molecule has 7 nitrogen and oxygen atoms in total. The van der Waals surface area contributed by atoms with Crippen molar-refractivity contribution < 1.29 is 23.9 Å². The molecule has 2 atom stereocenters. The molecule has 3 amide bonds. The Bertz CT molecular complexity index is 662. The van der Waals surface area contributed by atoms with Gasteiger partial charge in [0.15, 0.2) is 12.2 Å². The molecule has 150 valence electrons. The number of hydrogen-bond donors (Lipinski definition) is 2. The van der Waals surface area contributed by atoms with E-state index in [1.54, 1.807) is 26.0 Å². The van der Waals surface area contributed by atoms with Crippen molar-refractivity contribution in [2.24, 2.45) is 0 Å². The topological polar surface area (TPSA) is 93.7 Å². The van der Waals surface area contributed by atoms with E-state index in [1.807, 2.05) is 12.1 Å². The molecular weight excluding hydrogens is 348 g/mol. The zero-order valence-electron chi connectivity index (χ0n) is 17.1. The normalized spacial score (nSPS) is 13.5. The number of carbonyl (C=O) groups is 3. The fraction of sp³-hybridized carbons (Fsp3) is 0.550. The number of imide groups is 1. The van der Waals surface area contributed by atoms with E-state index in [1.165, 1.54) is 13.8 Å². The van der Waals surface area contributed by atoms with Gasteiger partial charge >= 0.3 is 12.0 Å². The summed E-state index contributed by atoms with van der Waals surface area (Å²) < 4.78 is 10.6. The van der Waals surface area contributed by atoms with Crippen LogP contribution in [0.25, 0.3) is 0 Å². The molecule has 27 heavy (non-hydrogen) atoms. The van der Waals surface area contributed by atoms with Crippen LogP contribution < -0.4 is 15.4 Å². The smallest absolute Gasteiger partial charge is 0.347 e. The van der Waals surface area contributed by atoms with Crippen LogP contribution in [0.3, 0.4) is 0 Å². The van der Waals surface area contributed by atoms with Gasteiger partial charge in [0.1, 0.15) is 5.75 Å². The van der Waals surface area contributed by atoms with Crippen molar-refractivity contribution in [3.05, 3.63) is 29.8 Å². The van der Waals surface area contributed by atoms with Gasteiger partial charge in [-0.1, -0.05) is 32.9 Å². The first kappa shape index (κ1) is 22.5. The average molecular weight is 378 g/mol. The van der Waals surface area contributed by atoms with E-state index in [0.717, 1.165) is 5.56 Å². The van der Waals surface area contributed by atoms with Gasteiger partial charge in [-0.3, -0.25) is 10.1 Å². The highest BCUT2D eigenvalue weighted by Gasteiger charge is 2.24. The van der Waals surface area contributed by atoms with Crippen molar-refractivity contribution in [2.45, 2.75) is 72.1 Å². The van der Waals surface area contributed by atoms with Gasteiger partial charge in [0, 0.05) is 6.04 Å². The Morgan fingerprint density at radius 3 is 1.96 bits per heavy atom. The van der Waals surface area contributed by atoms with Crippen LogP contribution in [0.2, 0.25) is 0 Å². The van der Waals surface area contributed by atoms with Crippen LogP contribution in [-0.2, 0) is 19.7 Å². The lowest BCUT2D eigenvalue weighted by Crippen LogP contribution is -2.47. The summed E-state index contributed by atoms with van der Waals surface area (Å²) in [6.45, 7) is 12.8. The summed E-state index contributed by atoms with van der Waals surface area (Å²) in [5, 5.41) is 4.63. The largest absolute Gasteiger partial charge is 0.479 e. The highest BCUT2D eigenvalue weighted by Crippen LogP contribution is 2.24. The lowest BCUT2D eigenvalue weighted by molar-refractivity contribution is -0.160. The SMILES string of the molecule is CC(C)NC(=O)NC(=O)[C@@H](C)OC(=O)[C@@H](C)Oc1ccc(C(C)(C)C)cc1. The predicted molar refractivity (Wildman–Crippen MR) is 103 cm³/mol. The Labute approximate surface area is 160 Å². The number of rotatable bonds is 6. The number of ether oxygens (including phenoxy) is 2. The third-order valence-corrected chi connectivity index (χ3v) is 3.68. The second-order valence-corrected chi connectivity index (χ2v) is 7.73. The Hall–Kier alpha value is -2.57. The molecular formula is C20H30N2O5. The lowest BCUT2D eigenvalue weighted by Gasteiger charge is -2.20. The van der Waals surface area contributed by atoms with Gasteiger partial charge in [-0.2, -0.15) is 0 Å². The van der Waals surface area contributed by atoms with Crippen LogP contribution in [0, 0.1) is 0 Å². The molecule has 0 aliphatic rings. The van der Waals surface area contributed by atoms with Crippen LogP contribution in [0.5, 0.6) is 5.75 Å². The van der Waals surface area contributed by atoms with Crippen molar-refractivity contribution in [2.75, 3.05) is 0 Å². The monoisotopic (exact) mass is 378 g/mol. The van der Waals surface area contributed by atoms with Gasteiger partial charge in [0.25, 0.3) is 5.91 Å². The average Bonchev–Trinajstić information content (AvgIpc) is 2.53. The first-order valence-corrected chi connectivity index (χ1v) is 8.99. The summed E-state index contributed by atoms with van der Waals surface area (Å²) >= 11 is 0. The van der Waals surface area contributed by atoms with E-state index in [0.29, 0.717) is 5.75 Å². The van der Waals surface area contributed by atoms with Gasteiger partial charge in [0.05, 0.1) is 0 Å². The lowest BCUT2D eigenvalue weighted by atomic mass is 9.87. The molecule has 0 aromatic heterocycles. The van der Waals surface area contributed by atoms with Gasteiger partial charge in [-0.05, 0) is 50.8 Å². The molecule has 0 heterocycles. The summed E-state index contributed by atoms with van der Waals surface area (Å²) in [6.07, 6.45) is -2.02. The van der Waals surface area contributed by atoms with Gasteiger partial charge < -0.3 is 14.8 Å². The van der Waals surface area contributed by atoms with E-state index < -0.39 is 30.1 Å². The fourth-order valence-corrected chi connectivity index (χ4v) is 2.12. The first-order valence-electron chi connectivity index (χ1n) is 8.99. The number of carbonyl (C=O) groups excluding carboxylic acids is 3. The van der Waals surface area contributed by atoms with E-state index in [9.17, 15) is 14.4 Å². The molecule has 0 aliphatic carbocycles. The number of esters is 1. The molecule has 0 spiro atoms. The minimum atomic E-state index is -1.12. The van der Waals surface area contributed by atoms with Crippen molar-refractivity contribution in [3.63, 3.8) is 0 Å². The summed E-state index contributed by atoms with van der Waals surface area (Å²) in [5.74, 6) is -0.870.